The van der Waals surface area contributed by atoms with Crippen molar-refractivity contribution in [3.63, 3.8) is 0 Å². The number of fused-ring (bicyclic) bond motifs is 2. The molecule has 218 valence electrons. The molecule has 0 atom stereocenters. The van der Waals surface area contributed by atoms with E-state index in [4.69, 9.17) is 0 Å². The number of halogens is 2. The quantitative estimate of drug-likeness (QED) is 0.185. The Kier molecular flexibility index (Phi) is 16.2. The van der Waals surface area contributed by atoms with Crippen LogP contribution >= 0.6 is 0 Å². The molecule has 3 heteroatoms. The van der Waals surface area contributed by atoms with Gasteiger partial charge in [0.15, 0.2) is 0 Å². The molecule has 42 heavy (non-hydrogen) atoms. The van der Waals surface area contributed by atoms with E-state index < -0.39 is 0 Å². The standard InChI is InChI=1S/2C18H17.C3H6.2ClH.Ti/c2*1-3-14-11-16-5-4-6-17(18(16)12-14)15-9-7-13(2)8-10-15;1-3-2;;;/h2*4-12H,3H2,1-2H3;1-3H2;2*1H;/q2*-1;-2;;;+2/p-2. The van der Waals surface area contributed by atoms with Gasteiger partial charge in [-0.2, -0.15) is 12.1 Å². The second kappa shape index (κ2) is 18.1. The van der Waals surface area contributed by atoms with Gasteiger partial charge in [-0.15, -0.1) is 69.1 Å². The van der Waals surface area contributed by atoms with Gasteiger partial charge in [0.25, 0.3) is 0 Å². The van der Waals surface area contributed by atoms with Crippen LogP contribution in [-0.2, 0) is 34.6 Å². The van der Waals surface area contributed by atoms with Crippen LogP contribution in [0.2, 0.25) is 0 Å². The van der Waals surface area contributed by atoms with E-state index in [1.807, 2.05) is 0 Å². The van der Waals surface area contributed by atoms with Gasteiger partial charge < -0.3 is 45.1 Å². The summed E-state index contributed by atoms with van der Waals surface area (Å²) >= 11 is 0. The maximum absolute atomic E-state index is 3.38. The molecule has 0 aliphatic heterocycles. The van der Waals surface area contributed by atoms with Crippen molar-refractivity contribution in [3.8, 4) is 22.3 Å². The second-order valence-corrected chi connectivity index (χ2v) is 10.1. The van der Waals surface area contributed by atoms with E-state index >= 15 is 0 Å². The van der Waals surface area contributed by atoms with Gasteiger partial charge in [0.2, 0.25) is 0 Å². The molecular formula is C39H40Cl2Ti-4. The molecule has 0 amide bonds. The second-order valence-electron chi connectivity index (χ2n) is 10.1. The zero-order valence-electron chi connectivity index (χ0n) is 25.2. The smallest absolute Gasteiger partial charge is 1.00 e. The van der Waals surface area contributed by atoms with Crippen LogP contribution in [0.5, 0.6) is 0 Å². The monoisotopic (exact) mass is 626 g/mol. The average molecular weight is 628 g/mol. The van der Waals surface area contributed by atoms with Gasteiger partial charge in [-0.05, 0) is 37.8 Å². The molecule has 0 unspecified atom stereocenters. The summed E-state index contributed by atoms with van der Waals surface area (Å²) in [5.74, 6) is 0. The zero-order chi connectivity index (χ0) is 27.8. The number of rotatable bonds is 4. The molecule has 0 saturated carbocycles. The Morgan fingerprint density at radius 3 is 1.19 bits per heavy atom. The van der Waals surface area contributed by atoms with Gasteiger partial charge in [-0.3, -0.25) is 0 Å². The fourth-order valence-electron chi connectivity index (χ4n) is 4.97. The molecule has 0 N–H and O–H groups in total. The van der Waals surface area contributed by atoms with Crippen molar-refractivity contribution in [2.75, 3.05) is 0 Å². The first-order valence-electron chi connectivity index (χ1n) is 14.1. The van der Waals surface area contributed by atoms with Gasteiger partial charge in [0.05, 0.1) is 0 Å². The first-order chi connectivity index (χ1) is 19.0. The van der Waals surface area contributed by atoms with Crippen molar-refractivity contribution in [1.29, 1.82) is 0 Å². The van der Waals surface area contributed by atoms with E-state index in [2.05, 4.69) is 151 Å². The van der Waals surface area contributed by atoms with E-state index in [0.29, 0.717) is 0 Å². The van der Waals surface area contributed by atoms with E-state index in [1.165, 1.54) is 66.1 Å². The van der Waals surface area contributed by atoms with Crippen LogP contribution in [0.25, 0.3) is 43.8 Å². The molecule has 0 spiro atoms. The molecule has 0 aliphatic rings. The Bertz CT molecular complexity index is 1500. The van der Waals surface area contributed by atoms with Gasteiger partial charge in [-0.1, -0.05) is 96.8 Å². The third-order valence-corrected chi connectivity index (χ3v) is 7.16. The first-order valence-corrected chi connectivity index (χ1v) is 14.1. The maximum Gasteiger partial charge on any atom is 2.00 e. The summed E-state index contributed by atoms with van der Waals surface area (Å²) in [6.07, 6.45) is 2.95. The van der Waals surface area contributed by atoms with Crippen molar-refractivity contribution in [2.45, 2.75) is 47.0 Å². The van der Waals surface area contributed by atoms with Crippen LogP contribution in [0.15, 0.2) is 109 Å². The molecular weight excluding hydrogens is 587 g/mol. The zero-order valence-corrected chi connectivity index (χ0v) is 28.3. The Morgan fingerprint density at radius 2 is 0.881 bits per heavy atom. The van der Waals surface area contributed by atoms with E-state index in [1.54, 1.807) is 0 Å². The van der Waals surface area contributed by atoms with Crippen LogP contribution in [0, 0.1) is 27.7 Å². The van der Waals surface area contributed by atoms with Crippen molar-refractivity contribution in [3.05, 3.63) is 145 Å². The number of hydrogen-bond acceptors (Lipinski definition) is 0. The number of hydrogen-bond donors (Lipinski definition) is 0. The van der Waals surface area contributed by atoms with Crippen molar-refractivity contribution >= 4 is 21.5 Å². The van der Waals surface area contributed by atoms with Crippen molar-refractivity contribution < 1.29 is 46.5 Å². The number of aryl methyl sites for hydroxylation is 4. The summed E-state index contributed by atoms with van der Waals surface area (Å²) in [7, 11) is 0. The maximum atomic E-state index is 3.38. The molecule has 0 bridgehead atoms. The van der Waals surface area contributed by atoms with E-state index in [0.717, 1.165) is 19.3 Å². The average Bonchev–Trinajstić information content (AvgIpc) is 3.59. The predicted octanol–water partition coefficient (Wildman–Crippen LogP) is 5.24. The molecule has 6 aromatic carbocycles. The van der Waals surface area contributed by atoms with Crippen LogP contribution in [0.1, 0.15) is 42.5 Å². The van der Waals surface area contributed by atoms with E-state index in [-0.39, 0.29) is 46.5 Å². The molecule has 0 aromatic heterocycles. The van der Waals surface area contributed by atoms with Gasteiger partial charge >= 0.3 is 21.7 Å². The Balaban J connectivity index is 0.000000361. The normalized spacial score (nSPS) is 9.86. The molecule has 0 aliphatic carbocycles. The predicted molar refractivity (Wildman–Crippen MR) is 174 cm³/mol. The molecule has 0 fully saturated rings. The SMILES string of the molecule is CCc1cc2c(-c3ccc(C)cc3)cccc2[cH-]1.CCc1cc2c(-c3ccc(C)cc3)cccc2[cH-]1.[CH2-]C[CH2-].[Cl-].[Cl-].[Ti+2]. The fourth-order valence-corrected chi connectivity index (χ4v) is 4.97. The summed E-state index contributed by atoms with van der Waals surface area (Å²) in [5, 5.41) is 5.45. The Morgan fingerprint density at radius 1 is 0.548 bits per heavy atom. The Hall–Kier alpha value is -2.61. The molecule has 0 radical (unpaired) electrons. The summed E-state index contributed by atoms with van der Waals surface area (Å²) < 4.78 is 0. The van der Waals surface area contributed by atoms with Crippen LogP contribution in [0.4, 0.5) is 0 Å². The minimum atomic E-state index is 0. The summed E-state index contributed by atoms with van der Waals surface area (Å²) in [5.41, 5.74) is 10.7. The third kappa shape index (κ3) is 9.19. The van der Waals surface area contributed by atoms with Crippen molar-refractivity contribution in [2.24, 2.45) is 0 Å². The van der Waals surface area contributed by atoms with Crippen LogP contribution < -0.4 is 24.8 Å². The summed E-state index contributed by atoms with van der Waals surface area (Å²) in [6, 6.07) is 39.9. The molecule has 6 aromatic rings. The first kappa shape index (κ1) is 37.4. The molecule has 0 heterocycles. The van der Waals surface area contributed by atoms with E-state index in [9.17, 15) is 0 Å². The Labute approximate surface area is 281 Å². The fraction of sp³-hybridized carbons (Fsp3) is 0.179. The minimum absolute atomic E-state index is 0. The van der Waals surface area contributed by atoms with Gasteiger partial charge in [-0.25, -0.2) is 0 Å². The van der Waals surface area contributed by atoms with Crippen LogP contribution in [-0.4, -0.2) is 0 Å². The third-order valence-electron chi connectivity index (χ3n) is 7.16. The van der Waals surface area contributed by atoms with Gasteiger partial charge in [0, 0.05) is 0 Å². The molecule has 0 saturated heterocycles. The topological polar surface area (TPSA) is 0 Å². The van der Waals surface area contributed by atoms with Crippen molar-refractivity contribution in [1.82, 2.24) is 0 Å². The van der Waals surface area contributed by atoms with Crippen LogP contribution in [0.3, 0.4) is 0 Å². The number of benzene rings is 4. The molecule has 0 nitrogen and oxygen atoms in total. The summed E-state index contributed by atoms with van der Waals surface area (Å²) in [6.45, 7) is 15.4. The molecule has 6 rings (SSSR count). The summed E-state index contributed by atoms with van der Waals surface area (Å²) in [4.78, 5) is 0. The minimum Gasteiger partial charge on any atom is -1.00 e. The largest absolute Gasteiger partial charge is 2.00 e. The van der Waals surface area contributed by atoms with Gasteiger partial charge in [0.1, 0.15) is 0 Å².